The van der Waals surface area contributed by atoms with Gasteiger partial charge in [0.15, 0.2) is 0 Å². The van der Waals surface area contributed by atoms with Crippen molar-refractivity contribution in [2.24, 2.45) is 0 Å². The number of nitrogens with zero attached hydrogens (tertiary/aromatic N) is 1. The van der Waals surface area contributed by atoms with Gasteiger partial charge in [-0.05, 0) is 30.2 Å². The summed E-state index contributed by atoms with van der Waals surface area (Å²) in [6.45, 7) is 1.29. The predicted octanol–water partition coefficient (Wildman–Crippen LogP) is 2.72. The smallest absolute Gasteiger partial charge is 0.227 e. The summed E-state index contributed by atoms with van der Waals surface area (Å²) in [7, 11) is 0. The molecule has 0 spiro atoms. The Hall–Kier alpha value is -2.61. The largest absolute Gasteiger partial charge is 0.394 e. The van der Waals surface area contributed by atoms with Crippen molar-refractivity contribution in [3.05, 3.63) is 65.2 Å². The van der Waals surface area contributed by atoms with Crippen LogP contribution in [0.15, 0.2) is 48.5 Å². The fraction of sp³-hybridized carbons (Fsp3) is 0.286. The molecule has 4 nitrogen and oxygen atoms in total. The van der Waals surface area contributed by atoms with E-state index in [4.69, 9.17) is 9.84 Å². The first-order chi connectivity index (χ1) is 12.3. The molecule has 2 aromatic rings. The summed E-state index contributed by atoms with van der Waals surface area (Å²) in [5.74, 6) is 6.46. The molecule has 1 aliphatic heterocycles. The quantitative estimate of drug-likeness (QED) is 0.652. The normalized spacial score (nSPS) is 12.3. The lowest BCUT2D eigenvalue weighted by molar-refractivity contribution is -0.119. The summed E-state index contributed by atoms with van der Waals surface area (Å²) in [6, 6.07) is 15.7. The zero-order valence-corrected chi connectivity index (χ0v) is 14.1. The average molecular weight is 335 g/mol. The maximum Gasteiger partial charge on any atom is 0.227 e. The van der Waals surface area contributed by atoms with Gasteiger partial charge in [0.05, 0.1) is 25.4 Å². The number of amides is 1. The predicted molar refractivity (Wildman–Crippen MR) is 97.2 cm³/mol. The highest BCUT2D eigenvalue weighted by Crippen LogP contribution is 2.26. The molecule has 0 unspecified atom stereocenters. The van der Waals surface area contributed by atoms with Crippen LogP contribution in [0.2, 0.25) is 0 Å². The van der Waals surface area contributed by atoms with Crippen molar-refractivity contribution >= 4 is 11.6 Å². The second kappa shape index (κ2) is 8.48. The highest BCUT2D eigenvalue weighted by atomic mass is 16.5. The molecule has 25 heavy (non-hydrogen) atoms. The van der Waals surface area contributed by atoms with Crippen molar-refractivity contribution < 1.29 is 14.6 Å². The van der Waals surface area contributed by atoms with Crippen LogP contribution in [0.1, 0.15) is 29.5 Å². The SMILES string of the molecule is O=C(CCCOCCO)N1Cc2ccccc2C#Cc2ccccc21. The van der Waals surface area contributed by atoms with Crippen molar-refractivity contribution in [1.82, 2.24) is 0 Å². The molecule has 0 saturated heterocycles. The Morgan fingerprint density at radius 1 is 1.04 bits per heavy atom. The minimum absolute atomic E-state index is 0.00288. The molecule has 1 amide bonds. The molecule has 0 bridgehead atoms. The van der Waals surface area contributed by atoms with Gasteiger partial charge in [-0.15, -0.1) is 0 Å². The van der Waals surface area contributed by atoms with Crippen LogP contribution in [0, 0.1) is 11.8 Å². The number of anilines is 1. The second-order valence-corrected chi connectivity index (χ2v) is 5.84. The van der Waals surface area contributed by atoms with Gasteiger partial charge < -0.3 is 14.7 Å². The monoisotopic (exact) mass is 335 g/mol. The number of para-hydroxylation sites is 1. The van der Waals surface area contributed by atoms with Crippen molar-refractivity contribution in [2.45, 2.75) is 19.4 Å². The summed E-state index contributed by atoms with van der Waals surface area (Å²) in [6.07, 6.45) is 1.03. The van der Waals surface area contributed by atoms with Gasteiger partial charge in [-0.2, -0.15) is 0 Å². The van der Waals surface area contributed by atoms with E-state index in [2.05, 4.69) is 11.8 Å². The molecular weight excluding hydrogens is 314 g/mol. The highest BCUT2D eigenvalue weighted by Gasteiger charge is 2.20. The minimum Gasteiger partial charge on any atom is -0.394 e. The number of hydrogen-bond donors (Lipinski definition) is 1. The van der Waals surface area contributed by atoms with Crippen LogP contribution in [0.4, 0.5) is 5.69 Å². The van der Waals surface area contributed by atoms with Crippen molar-refractivity contribution in [3.63, 3.8) is 0 Å². The summed E-state index contributed by atoms with van der Waals surface area (Å²) >= 11 is 0. The molecule has 3 rings (SSSR count). The molecule has 0 radical (unpaired) electrons. The zero-order valence-electron chi connectivity index (χ0n) is 14.1. The van der Waals surface area contributed by atoms with Crippen LogP contribution in [0.5, 0.6) is 0 Å². The lowest BCUT2D eigenvalue weighted by Gasteiger charge is -2.26. The number of carbonyl (C=O) groups excluding carboxylic acids is 1. The molecule has 1 heterocycles. The van der Waals surface area contributed by atoms with Gasteiger partial charge in [-0.3, -0.25) is 4.79 Å². The highest BCUT2D eigenvalue weighted by molar-refractivity contribution is 5.95. The van der Waals surface area contributed by atoms with Crippen LogP contribution in [-0.4, -0.2) is 30.8 Å². The van der Waals surface area contributed by atoms with Crippen LogP contribution in [-0.2, 0) is 16.1 Å². The molecule has 0 aromatic heterocycles. The van der Waals surface area contributed by atoms with Crippen molar-refractivity contribution in [2.75, 3.05) is 24.7 Å². The first-order valence-corrected chi connectivity index (χ1v) is 8.47. The maximum absolute atomic E-state index is 12.8. The lowest BCUT2D eigenvalue weighted by atomic mass is 10.0. The molecule has 0 fully saturated rings. The third-order valence-electron chi connectivity index (χ3n) is 4.09. The van der Waals surface area contributed by atoms with Gasteiger partial charge in [0.25, 0.3) is 0 Å². The number of benzene rings is 2. The average Bonchev–Trinajstić information content (AvgIpc) is 2.63. The number of carbonyl (C=O) groups is 1. The molecular formula is C21H21NO3. The van der Waals surface area contributed by atoms with Crippen LogP contribution in [0.25, 0.3) is 0 Å². The van der Waals surface area contributed by atoms with E-state index in [9.17, 15) is 4.79 Å². The standard InChI is InChI=1S/C21H21NO3/c23-13-15-25-14-5-10-21(24)22-16-19-8-2-1-6-17(19)11-12-18-7-3-4-9-20(18)22/h1-4,6-9,23H,5,10,13-16H2. The number of rotatable bonds is 6. The Morgan fingerprint density at radius 3 is 2.60 bits per heavy atom. The minimum atomic E-state index is 0.00288. The fourth-order valence-corrected chi connectivity index (χ4v) is 2.83. The Kier molecular flexibility index (Phi) is 5.84. The number of ether oxygens (including phenoxy) is 1. The van der Waals surface area contributed by atoms with Crippen molar-refractivity contribution in [1.29, 1.82) is 0 Å². The van der Waals surface area contributed by atoms with E-state index in [0.29, 0.717) is 32.6 Å². The number of fused-ring (bicyclic) bond motifs is 2. The molecule has 0 aliphatic carbocycles. The molecule has 128 valence electrons. The number of hydrogen-bond acceptors (Lipinski definition) is 3. The Bertz CT molecular complexity index is 804. The Balaban J connectivity index is 1.83. The first kappa shape index (κ1) is 17.2. The fourth-order valence-electron chi connectivity index (χ4n) is 2.83. The second-order valence-electron chi connectivity index (χ2n) is 5.84. The molecule has 4 heteroatoms. The van der Waals surface area contributed by atoms with Gasteiger partial charge >= 0.3 is 0 Å². The number of aliphatic hydroxyl groups excluding tert-OH is 1. The molecule has 2 aromatic carbocycles. The molecule has 0 atom stereocenters. The van der Waals surface area contributed by atoms with Gasteiger partial charge in [0.1, 0.15) is 0 Å². The molecule has 0 saturated carbocycles. The third-order valence-corrected chi connectivity index (χ3v) is 4.09. The summed E-state index contributed by atoms with van der Waals surface area (Å²) < 4.78 is 5.25. The van der Waals surface area contributed by atoms with Crippen LogP contribution >= 0.6 is 0 Å². The number of aliphatic hydroxyl groups is 1. The van der Waals surface area contributed by atoms with Crippen LogP contribution < -0.4 is 4.90 Å². The van der Waals surface area contributed by atoms with E-state index >= 15 is 0 Å². The van der Waals surface area contributed by atoms with Gasteiger partial charge in [0.2, 0.25) is 5.91 Å². The zero-order chi connectivity index (χ0) is 17.5. The van der Waals surface area contributed by atoms with Crippen molar-refractivity contribution in [3.8, 4) is 11.8 Å². The van der Waals surface area contributed by atoms with E-state index in [-0.39, 0.29) is 12.5 Å². The van der Waals surface area contributed by atoms with E-state index in [1.54, 1.807) is 0 Å². The summed E-state index contributed by atoms with van der Waals surface area (Å²) in [4.78, 5) is 14.7. The Labute approximate surface area is 148 Å². The van der Waals surface area contributed by atoms with Gasteiger partial charge in [-0.1, -0.05) is 42.2 Å². The van der Waals surface area contributed by atoms with E-state index in [1.165, 1.54) is 0 Å². The van der Waals surface area contributed by atoms with Gasteiger partial charge in [0, 0.05) is 24.2 Å². The van der Waals surface area contributed by atoms with E-state index in [1.807, 2.05) is 53.4 Å². The Morgan fingerprint density at radius 2 is 1.76 bits per heavy atom. The molecule has 1 N–H and O–H groups in total. The lowest BCUT2D eigenvalue weighted by Crippen LogP contribution is -2.31. The summed E-state index contributed by atoms with van der Waals surface area (Å²) in [5.41, 5.74) is 3.73. The maximum atomic E-state index is 12.8. The molecule has 1 aliphatic rings. The van der Waals surface area contributed by atoms with E-state index < -0.39 is 0 Å². The van der Waals surface area contributed by atoms with Gasteiger partial charge in [-0.25, -0.2) is 0 Å². The topological polar surface area (TPSA) is 49.8 Å². The first-order valence-electron chi connectivity index (χ1n) is 8.47. The summed E-state index contributed by atoms with van der Waals surface area (Å²) in [5, 5.41) is 8.73. The van der Waals surface area contributed by atoms with E-state index in [0.717, 1.165) is 22.4 Å². The third kappa shape index (κ3) is 4.27. The van der Waals surface area contributed by atoms with Crippen LogP contribution in [0.3, 0.4) is 0 Å².